The third kappa shape index (κ3) is 6.32. The molecule has 5 heteroatoms. The Kier molecular flexibility index (Phi) is 7.28. The Balaban J connectivity index is 2.43. The lowest BCUT2D eigenvalue weighted by Crippen LogP contribution is -2.41. The minimum absolute atomic E-state index is 0.203. The van der Waals surface area contributed by atoms with Crippen LogP contribution < -0.4 is 5.32 Å². The molecule has 0 aromatic heterocycles. The van der Waals surface area contributed by atoms with E-state index in [1.807, 2.05) is 38.1 Å². The summed E-state index contributed by atoms with van der Waals surface area (Å²) < 4.78 is 4.80. The molecule has 19 heavy (non-hydrogen) atoms. The summed E-state index contributed by atoms with van der Waals surface area (Å²) in [6.07, 6.45) is 0.734. The van der Waals surface area contributed by atoms with Crippen LogP contribution in [0.2, 0.25) is 5.02 Å². The van der Waals surface area contributed by atoms with Crippen molar-refractivity contribution >= 4 is 29.3 Å². The van der Waals surface area contributed by atoms with Gasteiger partial charge in [0, 0.05) is 21.7 Å². The number of ether oxygens (including phenoxy) is 1. The van der Waals surface area contributed by atoms with Crippen molar-refractivity contribution in [3.8, 4) is 0 Å². The van der Waals surface area contributed by atoms with E-state index >= 15 is 0 Å². The van der Waals surface area contributed by atoms with Crippen LogP contribution in [-0.4, -0.2) is 30.9 Å². The van der Waals surface area contributed by atoms with Crippen molar-refractivity contribution in [2.24, 2.45) is 0 Å². The predicted octanol–water partition coefficient (Wildman–Crippen LogP) is 3.36. The molecule has 1 N–H and O–H groups in total. The third-order valence-electron chi connectivity index (χ3n) is 2.51. The van der Waals surface area contributed by atoms with Gasteiger partial charge >= 0.3 is 5.97 Å². The maximum Gasteiger partial charge on any atom is 0.322 e. The number of hydrogen-bond acceptors (Lipinski definition) is 4. The van der Waals surface area contributed by atoms with Crippen molar-refractivity contribution < 1.29 is 9.53 Å². The molecule has 3 nitrogen and oxygen atoms in total. The van der Waals surface area contributed by atoms with E-state index < -0.39 is 0 Å². The number of rotatable bonds is 7. The number of hydrogen-bond donors (Lipinski definition) is 1. The van der Waals surface area contributed by atoms with Crippen molar-refractivity contribution in [3.63, 3.8) is 0 Å². The smallest absolute Gasteiger partial charge is 0.322 e. The molecule has 0 saturated heterocycles. The van der Waals surface area contributed by atoms with E-state index in [9.17, 15) is 4.79 Å². The van der Waals surface area contributed by atoms with E-state index in [1.165, 1.54) is 7.11 Å². The molecule has 0 bridgehead atoms. The minimum atomic E-state index is -0.246. The number of esters is 1. The van der Waals surface area contributed by atoms with Gasteiger partial charge in [0.05, 0.1) is 7.11 Å². The van der Waals surface area contributed by atoms with Gasteiger partial charge in [-0.3, -0.25) is 4.79 Å². The maximum atomic E-state index is 11.6. The van der Waals surface area contributed by atoms with E-state index in [0.717, 1.165) is 22.1 Å². The highest BCUT2D eigenvalue weighted by Gasteiger charge is 2.19. The van der Waals surface area contributed by atoms with E-state index in [2.05, 4.69) is 5.32 Å². The van der Waals surface area contributed by atoms with Gasteiger partial charge < -0.3 is 10.1 Å². The molecule has 1 rings (SSSR count). The van der Waals surface area contributed by atoms with Crippen molar-refractivity contribution in [3.05, 3.63) is 29.3 Å². The Morgan fingerprint density at radius 2 is 2.00 bits per heavy atom. The predicted molar refractivity (Wildman–Crippen MR) is 80.9 cm³/mol. The molecule has 106 valence electrons. The van der Waals surface area contributed by atoms with Gasteiger partial charge in [0.15, 0.2) is 0 Å². The Bertz CT molecular complexity index is 395. The summed E-state index contributed by atoms with van der Waals surface area (Å²) in [5.41, 5.74) is 0. The van der Waals surface area contributed by atoms with Crippen LogP contribution in [0.25, 0.3) is 0 Å². The summed E-state index contributed by atoms with van der Waals surface area (Å²) in [5, 5.41) is 3.95. The summed E-state index contributed by atoms with van der Waals surface area (Å²) in [7, 11) is 1.42. The van der Waals surface area contributed by atoms with Crippen LogP contribution in [0.15, 0.2) is 29.2 Å². The van der Waals surface area contributed by atoms with Gasteiger partial charge in [-0.25, -0.2) is 0 Å². The fourth-order valence-corrected chi connectivity index (χ4v) is 2.68. The molecule has 0 aliphatic heterocycles. The first-order chi connectivity index (χ1) is 9.02. The average molecular weight is 302 g/mol. The summed E-state index contributed by atoms with van der Waals surface area (Å²) in [4.78, 5) is 12.8. The largest absolute Gasteiger partial charge is 0.468 e. The average Bonchev–Trinajstić information content (AvgIpc) is 2.38. The molecule has 1 atom stereocenters. The van der Waals surface area contributed by atoms with Crippen molar-refractivity contribution in [2.75, 3.05) is 12.9 Å². The zero-order valence-corrected chi connectivity index (χ0v) is 13.1. The van der Waals surface area contributed by atoms with Gasteiger partial charge in [-0.15, -0.1) is 11.8 Å². The van der Waals surface area contributed by atoms with E-state index in [1.54, 1.807) is 11.8 Å². The normalized spacial score (nSPS) is 12.5. The van der Waals surface area contributed by atoms with E-state index in [0.29, 0.717) is 0 Å². The zero-order chi connectivity index (χ0) is 14.3. The summed E-state index contributed by atoms with van der Waals surface area (Å²) in [6, 6.07) is 7.71. The molecule has 1 unspecified atom stereocenters. The standard InChI is InChI=1S/C14H20ClNO2S/c1-10(2)16-13(14(17)18-3)8-9-19-12-6-4-11(15)5-7-12/h4-7,10,13,16H,8-9H2,1-3H3. The highest BCUT2D eigenvalue weighted by atomic mass is 35.5. The monoisotopic (exact) mass is 301 g/mol. The number of thioether (sulfide) groups is 1. The van der Waals surface area contributed by atoms with Crippen LogP contribution in [0.3, 0.4) is 0 Å². The van der Waals surface area contributed by atoms with Crippen molar-refractivity contribution in [1.82, 2.24) is 5.32 Å². The van der Waals surface area contributed by atoms with E-state index in [-0.39, 0.29) is 18.1 Å². The first kappa shape index (κ1) is 16.3. The zero-order valence-electron chi connectivity index (χ0n) is 11.5. The Hall–Kier alpha value is -0.710. The lowest BCUT2D eigenvalue weighted by molar-refractivity contribution is -0.143. The molecule has 0 aliphatic carbocycles. The Labute approximate surface area is 124 Å². The molecular formula is C14H20ClNO2S. The highest BCUT2D eigenvalue weighted by molar-refractivity contribution is 7.99. The third-order valence-corrected chi connectivity index (χ3v) is 3.81. The van der Waals surface area contributed by atoms with Gasteiger partial charge in [-0.05, 0) is 30.7 Å². The fourth-order valence-electron chi connectivity index (χ4n) is 1.64. The molecule has 0 saturated carbocycles. The quantitative estimate of drug-likeness (QED) is 0.619. The van der Waals surface area contributed by atoms with Crippen LogP contribution in [-0.2, 0) is 9.53 Å². The van der Waals surface area contributed by atoms with Gasteiger partial charge in [0.1, 0.15) is 6.04 Å². The molecule has 1 aromatic rings. The molecule has 1 aromatic carbocycles. The van der Waals surface area contributed by atoms with Crippen LogP contribution in [0.4, 0.5) is 0 Å². The fraction of sp³-hybridized carbons (Fsp3) is 0.500. The highest BCUT2D eigenvalue weighted by Crippen LogP contribution is 2.21. The second-order valence-electron chi connectivity index (χ2n) is 4.49. The summed E-state index contributed by atoms with van der Waals surface area (Å²) in [6.45, 7) is 4.03. The maximum absolute atomic E-state index is 11.6. The second kappa shape index (κ2) is 8.46. The van der Waals surface area contributed by atoms with E-state index in [4.69, 9.17) is 16.3 Å². The summed E-state index contributed by atoms with van der Waals surface area (Å²) in [5.74, 6) is 0.645. The number of nitrogens with one attached hydrogen (secondary N) is 1. The van der Waals surface area contributed by atoms with Crippen LogP contribution in [0.5, 0.6) is 0 Å². The lowest BCUT2D eigenvalue weighted by atomic mass is 10.2. The molecule has 0 aliphatic rings. The number of methoxy groups -OCH3 is 1. The molecule has 0 spiro atoms. The number of carbonyl (C=O) groups excluding carboxylic acids is 1. The van der Waals surface area contributed by atoms with Gasteiger partial charge in [0.2, 0.25) is 0 Å². The number of halogens is 1. The Morgan fingerprint density at radius 3 is 2.53 bits per heavy atom. The summed E-state index contributed by atoms with van der Waals surface area (Å²) >= 11 is 7.54. The minimum Gasteiger partial charge on any atom is -0.468 e. The molecule has 0 fully saturated rings. The first-order valence-electron chi connectivity index (χ1n) is 6.25. The number of carbonyl (C=O) groups is 1. The molecular weight excluding hydrogens is 282 g/mol. The van der Waals surface area contributed by atoms with Crippen LogP contribution >= 0.6 is 23.4 Å². The second-order valence-corrected chi connectivity index (χ2v) is 6.09. The molecule has 0 radical (unpaired) electrons. The molecule has 0 amide bonds. The van der Waals surface area contributed by atoms with Gasteiger partial charge in [-0.2, -0.15) is 0 Å². The Morgan fingerprint density at radius 1 is 1.37 bits per heavy atom. The topological polar surface area (TPSA) is 38.3 Å². The van der Waals surface area contributed by atoms with Crippen molar-refractivity contribution in [1.29, 1.82) is 0 Å². The van der Waals surface area contributed by atoms with Gasteiger partial charge in [0.25, 0.3) is 0 Å². The van der Waals surface area contributed by atoms with Crippen LogP contribution in [0.1, 0.15) is 20.3 Å². The van der Waals surface area contributed by atoms with Crippen LogP contribution in [0, 0.1) is 0 Å². The molecule has 0 heterocycles. The SMILES string of the molecule is COC(=O)C(CCSc1ccc(Cl)cc1)NC(C)C. The van der Waals surface area contributed by atoms with Crippen molar-refractivity contribution in [2.45, 2.75) is 37.2 Å². The number of benzene rings is 1. The van der Waals surface area contributed by atoms with Gasteiger partial charge in [-0.1, -0.05) is 25.4 Å². The lowest BCUT2D eigenvalue weighted by Gasteiger charge is -2.18. The first-order valence-corrected chi connectivity index (χ1v) is 7.61.